The maximum absolute atomic E-state index is 11.1. The van der Waals surface area contributed by atoms with Crippen molar-refractivity contribution in [3.05, 3.63) is 16.1 Å². The SMILES string of the molecule is COC(=O)C(C)C(O)c1csc(C)n1. The zero-order chi connectivity index (χ0) is 10.7. The first-order valence-electron chi connectivity index (χ1n) is 4.24. The van der Waals surface area contributed by atoms with Crippen molar-refractivity contribution in [2.45, 2.75) is 20.0 Å². The third-order valence-electron chi connectivity index (χ3n) is 1.99. The minimum atomic E-state index is -0.882. The van der Waals surface area contributed by atoms with Gasteiger partial charge in [-0.2, -0.15) is 0 Å². The smallest absolute Gasteiger partial charge is 0.311 e. The number of aliphatic hydroxyl groups excluding tert-OH is 1. The maximum atomic E-state index is 11.1. The standard InChI is InChI=1S/C9H13NO3S/c1-5(9(12)13-3)8(11)7-4-14-6(2)10-7/h4-5,8,11H,1-3H3. The third-order valence-corrected chi connectivity index (χ3v) is 2.78. The topological polar surface area (TPSA) is 59.4 Å². The fourth-order valence-corrected chi connectivity index (χ4v) is 1.73. The number of hydrogen-bond donors (Lipinski definition) is 1. The highest BCUT2D eigenvalue weighted by Gasteiger charge is 2.25. The Bertz CT molecular complexity index is 324. The normalized spacial score (nSPS) is 14.9. The molecule has 0 fully saturated rings. The molecule has 0 saturated heterocycles. The summed E-state index contributed by atoms with van der Waals surface area (Å²) in [4.78, 5) is 15.2. The van der Waals surface area contributed by atoms with Crippen LogP contribution >= 0.6 is 11.3 Å². The van der Waals surface area contributed by atoms with Crippen LogP contribution in [0.3, 0.4) is 0 Å². The predicted octanol–water partition coefficient (Wildman–Crippen LogP) is 1.29. The van der Waals surface area contributed by atoms with Gasteiger partial charge in [-0.25, -0.2) is 4.98 Å². The van der Waals surface area contributed by atoms with E-state index in [0.717, 1.165) is 5.01 Å². The summed E-state index contributed by atoms with van der Waals surface area (Å²) in [5.74, 6) is -1.01. The number of nitrogens with zero attached hydrogens (tertiary/aromatic N) is 1. The number of methoxy groups -OCH3 is 1. The van der Waals surface area contributed by atoms with Gasteiger partial charge in [0, 0.05) is 5.38 Å². The summed E-state index contributed by atoms with van der Waals surface area (Å²) in [5, 5.41) is 12.4. The van der Waals surface area contributed by atoms with Gasteiger partial charge in [-0.1, -0.05) is 0 Å². The molecular formula is C9H13NO3S. The lowest BCUT2D eigenvalue weighted by atomic mass is 10.0. The predicted molar refractivity (Wildman–Crippen MR) is 53.0 cm³/mol. The summed E-state index contributed by atoms with van der Waals surface area (Å²) >= 11 is 1.45. The van der Waals surface area contributed by atoms with Gasteiger partial charge in [0.05, 0.1) is 23.7 Å². The van der Waals surface area contributed by atoms with E-state index in [4.69, 9.17) is 0 Å². The zero-order valence-corrected chi connectivity index (χ0v) is 9.17. The van der Waals surface area contributed by atoms with Crippen LogP contribution in [0.25, 0.3) is 0 Å². The van der Waals surface area contributed by atoms with Crippen molar-refractivity contribution < 1.29 is 14.6 Å². The lowest BCUT2D eigenvalue weighted by Gasteiger charge is -2.14. The van der Waals surface area contributed by atoms with E-state index in [1.54, 1.807) is 12.3 Å². The maximum Gasteiger partial charge on any atom is 0.311 e. The van der Waals surface area contributed by atoms with Gasteiger partial charge >= 0.3 is 5.97 Å². The molecule has 1 rings (SSSR count). The van der Waals surface area contributed by atoms with Crippen LogP contribution in [0.15, 0.2) is 5.38 Å². The minimum absolute atomic E-state index is 0.428. The van der Waals surface area contributed by atoms with E-state index >= 15 is 0 Å². The quantitative estimate of drug-likeness (QED) is 0.772. The number of aliphatic hydroxyl groups is 1. The number of thiazole rings is 1. The fraction of sp³-hybridized carbons (Fsp3) is 0.556. The van der Waals surface area contributed by atoms with Crippen molar-refractivity contribution >= 4 is 17.3 Å². The Morgan fingerprint density at radius 1 is 1.71 bits per heavy atom. The number of rotatable bonds is 3. The number of carbonyl (C=O) groups excluding carboxylic acids is 1. The van der Waals surface area contributed by atoms with E-state index in [2.05, 4.69) is 9.72 Å². The highest BCUT2D eigenvalue weighted by atomic mass is 32.1. The van der Waals surface area contributed by atoms with Crippen LogP contribution in [-0.4, -0.2) is 23.2 Å². The first-order chi connectivity index (χ1) is 6.56. The van der Waals surface area contributed by atoms with E-state index < -0.39 is 18.0 Å². The third kappa shape index (κ3) is 2.30. The van der Waals surface area contributed by atoms with Crippen LogP contribution in [0.1, 0.15) is 23.7 Å². The van der Waals surface area contributed by atoms with Gasteiger partial charge in [0.1, 0.15) is 6.10 Å². The molecular weight excluding hydrogens is 202 g/mol. The van der Waals surface area contributed by atoms with Gasteiger partial charge in [-0.05, 0) is 13.8 Å². The van der Waals surface area contributed by atoms with E-state index in [1.807, 2.05) is 6.92 Å². The number of aromatic nitrogens is 1. The lowest BCUT2D eigenvalue weighted by molar-refractivity contribution is -0.148. The molecule has 0 aromatic carbocycles. The first kappa shape index (κ1) is 11.1. The summed E-state index contributed by atoms with van der Waals surface area (Å²) in [6.45, 7) is 3.47. The highest BCUT2D eigenvalue weighted by molar-refractivity contribution is 7.09. The Hall–Kier alpha value is -0.940. The molecule has 4 nitrogen and oxygen atoms in total. The van der Waals surface area contributed by atoms with Gasteiger partial charge in [-0.15, -0.1) is 11.3 Å². The summed E-state index contributed by atoms with van der Waals surface area (Å²) in [6.07, 6.45) is -0.882. The molecule has 2 atom stereocenters. The van der Waals surface area contributed by atoms with Crippen LogP contribution in [-0.2, 0) is 9.53 Å². The summed E-state index contributed by atoms with van der Waals surface area (Å²) in [7, 11) is 1.30. The molecule has 14 heavy (non-hydrogen) atoms. The van der Waals surface area contributed by atoms with Crippen molar-refractivity contribution in [3.8, 4) is 0 Å². The van der Waals surface area contributed by atoms with E-state index in [9.17, 15) is 9.90 Å². The van der Waals surface area contributed by atoms with Crippen LogP contribution in [0, 0.1) is 12.8 Å². The minimum Gasteiger partial charge on any atom is -0.469 e. The lowest BCUT2D eigenvalue weighted by Crippen LogP contribution is -2.20. The zero-order valence-electron chi connectivity index (χ0n) is 8.35. The van der Waals surface area contributed by atoms with Crippen LogP contribution in [0.5, 0.6) is 0 Å². The number of esters is 1. The molecule has 0 aliphatic rings. The van der Waals surface area contributed by atoms with Crippen molar-refractivity contribution in [1.82, 2.24) is 4.98 Å². The van der Waals surface area contributed by atoms with Crippen molar-refractivity contribution in [1.29, 1.82) is 0 Å². The number of carbonyl (C=O) groups is 1. The van der Waals surface area contributed by atoms with Gasteiger partial charge in [-0.3, -0.25) is 4.79 Å². The highest BCUT2D eigenvalue weighted by Crippen LogP contribution is 2.23. The van der Waals surface area contributed by atoms with E-state index in [0.29, 0.717) is 5.69 Å². The van der Waals surface area contributed by atoms with Gasteiger partial charge in [0.15, 0.2) is 0 Å². The van der Waals surface area contributed by atoms with Crippen LogP contribution in [0.4, 0.5) is 0 Å². The first-order valence-corrected chi connectivity index (χ1v) is 5.12. The van der Waals surface area contributed by atoms with Gasteiger partial charge in [0.2, 0.25) is 0 Å². The number of aryl methyl sites for hydroxylation is 1. The second-order valence-corrected chi connectivity index (χ2v) is 4.11. The largest absolute Gasteiger partial charge is 0.469 e. The molecule has 1 aromatic heterocycles. The Morgan fingerprint density at radius 3 is 2.79 bits per heavy atom. The Morgan fingerprint density at radius 2 is 2.36 bits per heavy atom. The van der Waals surface area contributed by atoms with Crippen molar-refractivity contribution in [3.63, 3.8) is 0 Å². The van der Waals surface area contributed by atoms with Crippen LogP contribution in [0.2, 0.25) is 0 Å². The number of ether oxygens (including phenoxy) is 1. The molecule has 1 aromatic rings. The molecule has 0 bridgehead atoms. The monoisotopic (exact) mass is 215 g/mol. The summed E-state index contributed by atoms with van der Waals surface area (Å²) < 4.78 is 4.54. The second-order valence-electron chi connectivity index (χ2n) is 3.05. The van der Waals surface area contributed by atoms with Gasteiger partial charge < -0.3 is 9.84 Å². The average molecular weight is 215 g/mol. The molecule has 2 unspecified atom stereocenters. The van der Waals surface area contributed by atoms with Crippen molar-refractivity contribution in [2.24, 2.45) is 5.92 Å². The molecule has 0 aliphatic heterocycles. The second kappa shape index (κ2) is 4.52. The number of hydrogen-bond acceptors (Lipinski definition) is 5. The molecule has 78 valence electrons. The molecule has 0 amide bonds. The van der Waals surface area contributed by atoms with Crippen LogP contribution < -0.4 is 0 Å². The molecule has 1 heterocycles. The Balaban J connectivity index is 2.74. The van der Waals surface area contributed by atoms with Gasteiger partial charge in [0.25, 0.3) is 0 Å². The van der Waals surface area contributed by atoms with Crippen molar-refractivity contribution in [2.75, 3.05) is 7.11 Å². The van der Waals surface area contributed by atoms with E-state index in [1.165, 1.54) is 18.4 Å². The molecule has 5 heteroatoms. The summed E-state index contributed by atoms with van der Waals surface area (Å²) in [5.41, 5.74) is 0.533. The molecule has 0 aliphatic carbocycles. The molecule has 0 saturated carbocycles. The molecule has 1 N–H and O–H groups in total. The molecule has 0 spiro atoms. The summed E-state index contributed by atoms with van der Waals surface area (Å²) in [6, 6.07) is 0. The fourth-order valence-electron chi connectivity index (χ4n) is 1.09. The Kier molecular flexibility index (Phi) is 3.60. The molecule has 0 radical (unpaired) electrons. The average Bonchev–Trinajstić information content (AvgIpc) is 2.61. The van der Waals surface area contributed by atoms with E-state index in [-0.39, 0.29) is 0 Å². The Labute approximate surface area is 86.6 Å².